The Morgan fingerprint density at radius 1 is 1.25 bits per heavy atom. The summed E-state index contributed by atoms with van der Waals surface area (Å²) >= 11 is 3.42. The van der Waals surface area contributed by atoms with Crippen molar-refractivity contribution < 1.29 is 9.59 Å². The number of rotatable bonds is 5. The van der Waals surface area contributed by atoms with Gasteiger partial charge in [-0.2, -0.15) is 5.10 Å². The molecule has 2 aromatic rings. The third-order valence-corrected chi connectivity index (χ3v) is 3.91. The van der Waals surface area contributed by atoms with Crippen LogP contribution in [-0.2, 0) is 9.59 Å². The van der Waals surface area contributed by atoms with Gasteiger partial charge in [-0.15, -0.1) is 0 Å². The van der Waals surface area contributed by atoms with Crippen LogP contribution < -0.4 is 0 Å². The van der Waals surface area contributed by atoms with Crippen molar-refractivity contribution in [2.45, 2.75) is 19.8 Å². The highest BCUT2D eigenvalue weighted by Crippen LogP contribution is 2.37. The highest BCUT2D eigenvalue weighted by Gasteiger charge is 2.34. The van der Waals surface area contributed by atoms with Crippen LogP contribution in [0.3, 0.4) is 0 Å². The van der Waals surface area contributed by atoms with Crippen molar-refractivity contribution in [1.29, 1.82) is 0 Å². The molecule has 2 rings (SSSR count). The first kappa shape index (κ1) is 14.7. The molecule has 0 amide bonds. The highest BCUT2D eigenvalue weighted by molar-refractivity contribution is 9.10. The van der Waals surface area contributed by atoms with Crippen LogP contribution >= 0.6 is 15.9 Å². The zero-order chi connectivity index (χ0) is 14.8. The van der Waals surface area contributed by atoms with Gasteiger partial charge in [-0.3, -0.25) is 0 Å². The molecule has 1 heterocycles. The number of carbonyl (C=O) groups is 2. The average Bonchev–Trinajstić information content (AvgIpc) is 2.83. The zero-order valence-corrected chi connectivity index (χ0v) is 12.9. The molecule has 1 unspecified atom stereocenters. The second kappa shape index (κ2) is 5.71. The van der Waals surface area contributed by atoms with Crippen molar-refractivity contribution in [3.8, 4) is 5.69 Å². The van der Waals surface area contributed by atoms with Crippen LogP contribution in [0.5, 0.6) is 0 Å². The molecule has 0 spiro atoms. The Kier molecular flexibility index (Phi) is 4.18. The Morgan fingerprint density at radius 2 is 1.90 bits per heavy atom. The fourth-order valence-electron chi connectivity index (χ4n) is 2.06. The standard InChI is InChI=1S/C15H15BrN2O2/c1-15(2,10-20)12(9-19)14-13(16)8-17-18(14)11-6-4-3-5-7-11/h3-10,12H,1-2H3. The Labute approximate surface area is 125 Å². The van der Waals surface area contributed by atoms with Crippen molar-refractivity contribution in [3.63, 3.8) is 0 Å². The average molecular weight is 335 g/mol. The Morgan fingerprint density at radius 3 is 2.45 bits per heavy atom. The highest BCUT2D eigenvalue weighted by atomic mass is 79.9. The van der Waals surface area contributed by atoms with E-state index >= 15 is 0 Å². The van der Waals surface area contributed by atoms with Gasteiger partial charge in [-0.25, -0.2) is 4.68 Å². The van der Waals surface area contributed by atoms with Crippen LogP contribution in [0.25, 0.3) is 5.69 Å². The van der Waals surface area contributed by atoms with Gasteiger partial charge in [0.25, 0.3) is 0 Å². The normalized spacial score (nSPS) is 12.9. The number of carbonyl (C=O) groups excluding carboxylic acids is 2. The molecule has 0 saturated heterocycles. The molecule has 0 aliphatic rings. The first-order valence-electron chi connectivity index (χ1n) is 6.21. The van der Waals surface area contributed by atoms with Gasteiger partial charge >= 0.3 is 0 Å². The number of para-hydroxylation sites is 1. The molecule has 0 N–H and O–H groups in total. The van der Waals surface area contributed by atoms with Crippen LogP contribution in [0.4, 0.5) is 0 Å². The predicted octanol–water partition coefficient (Wildman–Crippen LogP) is 3.14. The summed E-state index contributed by atoms with van der Waals surface area (Å²) in [5, 5.41) is 4.30. The van der Waals surface area contributed by atoms with E-state index in [1.807, 2.05) is 30.3 Å². The summed E-state index contributed by atoms with van der Waals surface area (Å²) in [7, 11) is 0. The van der Waals surface area contributed by atoms with E-state index in [2.05, 4.69) is 21.0 Å². The van der Waals surface area contributed by atoms with Gasteiger partial charge in [0.1, 0.15) is 12.6 Å². The van der Waals surface area contributed by atoms with E-state index < -0.39 is 11.3 Å². The molecule has 0 saturated carbocycles. The lowest BCUT2D eigenvalue weighted by molar-refractivity contribution is -0.121. The van der Waals surface area contributed by atoms with Gasteiger partial charge in [0.15, 0.2) is 0 Å². The minimum absolute atomic E-state index is 0.572. The summed E-state index contributed by atoms with van der Waals surface area (Å²) in [6.45, 7) is 3.49. The second-order valence-electron chi connectivity index (χ2n) is 5.18. The molecule has 20 heavy (non-hydrogen) atoms. The quantitative estimate of drug-likeness (QED) is 0.789. The molecule has 0 bridgehead atoms. The lowest BCUT2D eigenvalue weighted by atomic mass is 9.79. The molecule has 0 aliphatic carbocycles. The third-order valence-electron chi connectivity index (χ3n) is 3.30. The summed E-state index contributed by atoms with van der Waals surface area (Å²) in [5.41, 5.74) is 0.738. The van der Waals surface area contributed by atoms with E-state index in [9.17, 15) is 9.59 Å². The molecule has 0 radical (unpaired) electrons. The third kappa shape index (κ3) is 2.58. The van der Waals surface area contributed by atoms with Gasteiger partial charge in [0.05, 0.1) is 28.0 Å². The van der Waals surface area contributed by atoms with E-state index in [0.29, 0.717) is 10.2 Å². The second-order valence-corrected chi connectivity index (χ2v) is 6.03. The number of nitrogens with zero attached hydrogens (tertiary/aromatic N) is 2. The fourth-order valence-corrected chi connectivity index (χ4v) is 2.56. The summed E-state index contributed by atoms with van der Waals surface area (Å²) in [6, 6.07) is 9.51. The van der Waals surface area contributed by atoms with E-state index in [-0.39, 0.29) is 0 Å². The monoisotopic (exact) mass is 334 g/mol. The van der Waals surface area contributed by atoms with Crippen LogP contribution in [0.15, 0.2) is 41.0 Å². The molecular formula is C15H15BrN2O2. The van der Waals surface area contributed by atoms with Gasteiger partial charge in [-0.05, 0) is 28.1 Å². The van der Waals surface area contributed by atoms with Gasteiger partial charge in [0, 0.05) is 5.41 Å². The zero-order valence-electron chi connectivity index (χ0n) is 11.3. The summed E-state index contributed by atoms with van der Waals surface area (Å²) in [4.78, 5) is 22.8. The molecule has 0 fully saturated rings. The molecule has 4 nitrogen and oxygen atoms in total. The summed E-state index contributed by atoms with van der Waals surface area (Å²) in [6.07, 6.45) is 3.25. The number of halogens is 1. The Hall–Kier alpha value is -1.75. The minimum atomic E-state index is -0.795. The van der Waals surface area contributed by atoms with Crippen LogP contribution in [0.2, 0.25) is 0 Å². The van der Waals surface area contributed by atoms with Crippen molar-refractivity contribution in [3.05, 3.63) is 46.7 Å². The Balaban J connectivity index is 2.60. The first-order valence-corrected chi connectivity index (χ1v) is 7.01. The number of aromatic nitrogens is 2. The largest absolute Gasteiger partial charge is 0.303 e. The number of hydrogen-bond acceptors (Lipinski definition) is 3. The lowest BCUT2D eigenvalue weighted by Crippen LogP contribution is -2.27. The first-order chi connectivity index (χ1) is 9.51. The maximum atomic E-state index is 11.5. The van der Waals surface area contributed by atoms with Gasteiger partial charge in [0.2, 0.25) is 0 Å². The number of aldehydes is 2. The van der Waals surface area contributed by atoms with E-state index in [0.717, 1.165) is 18.3 Å². The summed E-state index contributed by atoms with van der Waals surface area (Å²) < 4.78 is 2.40. The number of benzene rings is 1. The van der Waals surface area contributed by atoms with Gasteiger partial charge in [-0.1, -0.05) is 32.0 Å². The van der Waals surface area contributed by atoms with Crippen molar-refractivity contribution in [2.24, 2.45) is 5.41 Å². The summed E-state index contributed by atoms with van der Waals surface area (Å²) in [5.74, 6) is -0.572. The van der Waals surface area contributed by atoms with Crippen LogP contribution in [0.1, 0.15) is 25.5 Å². The molecule has 1 aromatic carbocycles. The van der Waals surface area contributed by atoms with E-state index in [4.69, 9.17) is 0 Å². The Bertz CT molecular complexity index is 620. The smallest absolute Gasteiger partial charge is 0.130 e. The topological polar surface area (TPSA) is 52.0 Å². The minimum Gasteiger partial charge on any atom is -0.303 e. The SMILES string of the molecule is CC(C)(C=O)C(C=O)c1c(Br)cnn1-c1ccccc1. The molecule has 5 heteroatoms. The van der Waals surface area contributed by atoms with Crippen molar-refractivity contribution in [1.82, 2.24) is 9.78 Å². The van der Waals surface area contributed by atoms with Crippen LogP contribution in [-0.4, -0.2) is 22.4 Å². The van der Waals surface area contributed by atoms with Gasteiger partial charge < -0.3 is 9.59 Å². The van der Waals surface area contributed by atoms with Crippen molar-refractivity contribution in [2.75, 3.05) is 0 Å². The molecule has 104 valence electrons. The van der Waals surface area contributed by atoms with Crippen molar-refractivity contribution >= 4 is 28.5 Å². The number of hydrogen-bond donors (Lipinski definition) is 0. The molecule has 1 atom stereocenters. The van der Waals surface area contributed by atoms with E-state index in [1.165, 1.54) is 0 Å². The predicted molar refractivity (Wildman–Crippen MR) is 79.9 cm³/mol. The molecule has 0 aliphatic heterocycles. The van der Waals surface area contributed by atoms with E-state index in [1.54, 1.807) is 24.7 Å². The maximum absolute atomic E-state index is 11.5. The lowest BCUT2D eigenvalue weighted by Gasteiger charge is -2.25. The fraction of sp³-hybridized carbons (Fsp3) is 0.267. The molecular weight excluding hydrogens is 320 g/mol. The molecule has 1 aromatic heterocycles. The maximum Gasteiger partial charge on any atom is 0.130 e. The van der Waals surface area contributed by atoms with Crippen LogP contribution in [0, 0.1) is 5.41 Å².